The monoisotopic (exact) mass is 384 g/mol. The Morgan fingerprint density at radius 3 is 2.80 bits per heavy atom. The van der Waals surface area contributed by atoms with E-state index in [1.807, 2.05) is 17.0 Å². The number of hydrogen-bond acceptors (Lipinski definition) is 2. The van der Waals surface area contributed by atoms with E-state index in [2.05, 4.69) is 19.2 Å². The van der Waals surface area contributed by atoms with E-state index in [4.69, 9.17) is 23.2 Å². The molecule has 0 aromatic heterocycles. The Labute approximate surface area is 159 Å². The van der Waals surface area contributed by atoms with Crippen molar-refractivity contribution in [2.75, 3.05) is 19.6 Å². The van der Waals surface area contributed by atoms with Gasteiger partial charge in [-0.3, -0.25) is 9.59 Å². The molecule has 0 spiro atoms. The van der Waals surface area contributed by atoms with E-state index in [1.54, 1.807) is 6.07 Å². The molecule has 1 N–H and O–H groups in total. The third-order valence-corrected chi connectivity index (χ3v) is 5.33. The molecular weight excluding hydrogens is 359 g/mol. The lowest BCUT2D eigenvalue weighted by Crippen LogP contribution is -2.46. The third kappa shape index (κ3) is 5.89. The molecule has 25 heavy (non-hydrogen) atoms. The quantitative estimate of drug-likeness (QED) is 0.807. The number of carbonyl (C=O) groups is 2. The van der Waals surface area contributed by atoms with E-state index < -0.39 is 0 Å². The molecule has 0 unspecified atom stereocenters. The molecule has 0 saturated carbocycles. The van der Waals surface area contributed by atoms with Crippen molar-refractivity contribution in [3.8, 4) is 0 Å². The zero-order chi connectivity index (χ0) is 18.4. The van der Waals surface area contributed by atoms with E-state index in [-0.39, 0.29) is 17.7 Å². The molecule has 0 aliphatic carbocycles. The number of carbonyl (C=O) groups excluding carboxylic acids is 2. The fraction of sp³-hybridized carbons (Fsp3) is 0.579. The lowest BCUT2D eigenvalue weighted by atomic mass is 9.96. The fourth-order valence-corrected chi connectivity index (χ4v) is 3.42. The molecule has 1 aliphatic heterocycles. The zero-order valence-corrected chi connectivity index (χ0v) is 16.4. The number of halogens is 2. The number of aryl methyl sites for hydroxylation is 1. The van der Waals surface area contributed by atoms with E-state index in [9.17, 15) is 9.59 Å². The molecule has 1 aliphatic rings. The van der Waals surface area contributed by atoms with E-state index in [0.29, 0.717) is 41.9 Å². The van der Waals surface area contributed by atoms with Crippen molar-refractivity contribution in [3.63, 3.8) is 0 Å². The van der Waals surface area contributed by atoms with Gasteiger partial charge in [0.2, 0.25) is 11.8 Å². The highest BCUT2D eigenvalue weighted by molar-refractivity contribution is 6.42. The summed E-state index contributed by atoms with van der Waals surface area (Å²) in [6, 6.07) is 5.46. The van der Waals surface area contributed by atoms with Crippen LogP contribution in [-0.2, 0) is 16.0 Å². The minimum Gasteiger partial charge on any atom is -0.356 e. The normalized spacial score (nSPS) is 17.6. The van der Waals surface area contributed by atoms with Crippen molar-refractivity contribution in [1.29, 1.82) is 0 Å². The van der Waals surface area contributed by atoms with E-state index >= 15 is 0 Å². The summed E-state index contributed by atoms with van der Waals surface area (Å²) in [7, 11) is 0. The number of nitrogens with zero attached hydrogens (tertiary/aromatic N) is 1. The van der Waals surface area contributed by atoms with Gasteiger partial charge in [-0.1, -0.05) is 49.2 Å². The second-order valence-corrected chi connectivity index (χ2v) is 7.82. The molecule has 1 fully saturated rings. The van der Waals surface area contributed by atoms with Crippen molar-refractivity contribution >= 4 is 35.0 Å². The lowest BCUT2D eigenvalue weighted by molar-refractivity contribution is -0.135. The summed E-state index contributed by atoms with van der Waals surface area (Å²) in [4.78, 5) is 26.6. The van der Waals surface area contributed by atoms with Crippen molar-refractivity contribution in [3.05, 3.63) is 33.8 Å². The molecule has 4 nitrogen and oxygen atoms in total. The summed E-state index contributed by atoms with van der Waals surface area (Å²) in [6.07, 6.45) is 2.64. The van der Waals surface area contributed by atoms with Crippen molar-refractivity contribution in [2.45, 2.75) is 39.5 Å². The highest BCUT2D eigenvalue weighted by Gasteiger charge is 2.28. The number of amides is 2. The first-order valence-electron chi connectivity index (χ1n) is 8.87. The number of nitrogens with one attached hydrogen (secondary N) is 1. The van der Waals surface area contributed by atoms with Crippen LogP contribution in [0.2, 0.25) is 10.0 Å². The van der Waals surface area contributed by atoms with Crippen molar-refractivity contribution in [1.82, 2.24) is 10.2 Å². The van der Waals surface area contributed by atoms with Crippen molar-refractivity contribution in [2.24, 2.45) is 11.8 Å². The predicted molar refractivity (Wildman–Crippen MR) is 102 cm³/mol. The Bertz CT molecular complexity index is 619. The fourth-order valence-electron chi connectivity index (χ4n) is 3.01. The lowest BCUT2D eigenvalue weighted by Gasteiger charge is -2.32. The smallest absolute Gasteiger partial charge is 0.224 e. The van der Waals surface area contributed by atoms with Gasteiger partial charge < -0.3 is 10.2 Å². The van der Waals surface area contributed by atoms with Crippen LogP contribution in [0.3, 0.4) is 0 Å². The topological polar surface area (TPSA) is 49.4 Å². The van der Waals surface area contributed by atoms with Gasteiger partial charge in [0.1, 0.15) is 0 Å². The van der Waals surface area contributed by atoms with Gasteiger partial charge in [-0.25, -0.2) is 0 Å². The summed E-state index contributed by atoms with van der Waals surface area (Å²) in [5.41, 5.74) is 0.880. The maximum atomic E-state index is 12.5. The molecule has 138 valence electrons. The van der Waals surface area contributed by atoms with Gasteiger partial charge in [0.25, 0.3) is 0 Å². The number of benzene rings is 1. The molecule has 1 atom stereocenters. The maximum absolute atomic E-state index is 12.5. The molecule has 0 bridgehead atoms. The Morgan fingerprint density at radius 1 is 1.32 bits per heavy atom. The predicted octanol–water partition coefficient (Wildman–Crippen LogP) is 3.94. The first-order valence-corrected chi connectivity index (χ1v) is 9.62. The van der Waals surface area contributed by atoms with Crippen LogP contribution in [0, 0.1) is 11.8 Å². The van der Waals surface area contributed by atoms with Crippen LogP contribution in [-0.4, -0.2) is 36.3 Å². The van der Waals surface area contributed by atoms with Crippen LogP contribution in [0.1, 0.15) is 38.7 Å². The molecule has 0 radical (unpaired) electrons. The van der Waals surface area contributed by atoms with Crippen LogP contribution < -0.4 is 5.32 Å². The SMILES string of the molecule is CC(C)CNC(=O)[C@H]1CCCN(C(=O)CCc2cccc(Cl)c2Cl)C1. The molecular formula is C19H26Cl2N2O2. The summed E-state index contributed by atoms with van der Waals surface area (Å²) in [5.74, 6) is 0.445. The van der Waals surface area contributed by atoms with Crippen LogP contribution in [0.4, 0.5) is 0 Å². The number of hydrogen-bond donors (Lipinski definition) is 1. The molecule has 1 aromatic carbocycles. The van der Waals surface area contributed by atoms with Crippen LogP contribution in [0.5, 0.6) is 0 Å². The first-order chi connectivity index (χ1) is 11.9. The maximum Gasteiger partial charge on any atom is 0.224 e. The van der Waals surface area contributed by atoms with E-state index in [1.165, 1.54) is 0 Å². The molecule has 1 aromatic rings. The van der Waals surface area contributed by atoms with Crippen LogP contribution in [0.25, 0.3) is 0 Å². The molecule has 2 amide bonds. The van der Waals surface area contributed by atoms with Gasteiger partial charge in [-0.15, -0.1) is 0 Å². The molecule has 1 saturated heterocycles. The van der Waals surface area contributed by atoms with Crippen LogP contribution in [0.15, 0.2) is 18.2 Å². The second kappa shape index (κ2) is 9.44. The van der Waals surface area contributed by atoms with Gasteiger partial charge in [0.15, 0.2) is 0 Å². The van der Waals surface area contributed by atoms with Gasteiger partial charge in [-0.05, 0) is 36.8 Å². The van der Waals surface area contributed by atoms with Gasteiger partial charge in [-0.2, -0.15) is 0 Å². The summed E-state index contributed by atoms with van der Waals surface area (Å²) in [6.45, 7) is 6.04. The molecule has 6 heteroatoms. The zero-order valence-electron chi connectivity index (χ0n) is 14.9. The number of likely N-dealkylation sites (tertiary alicyclic amines) is 1. The average Bonchev–Trinajstić information content (AvgIpc) is 2.60. The Hall–Kier alpha value is -1.26. The standard InChI is InChI=1S/C19H26Cl2N2O2/c1-13(2)11-22-19(25)15-6-4-10-23(12-15)17(24)9-8-14-5-3-7-16(20)18(14)21/h3,5,7,13,15H,4,6,8-12H2,1-2H3,(H,22,25)/t15-/m0/s1. The minimum absolute atomic E-state index is 0.0593. The highest BCUT2D eigenvalue weighted by Crippen LogP contribution is 2.27. The third-order valence-electron chi connectivity index (χ3n) is 4.47. The minimum atomic E-state index is -0.105. The van der Waals surface area contributed by atoms with Gasteiger partial charge in [0, 0.05) is 26.1 Å². The summed E-state index contributed by atoms with van der Waals surface area (Å²) >= 11 is 12.2. The van der Waals surface area contributed by atoms with Gasteiger partial charge in [0.05, 0.1) is 16.0 Å². The molecule has 1 heterocycles. The Morgan fingerprint density at radius 2 is 2.08 bits per heavy atom. The largest absolute Gasteiger partial charge is 0.356 e. The highest BCUT2D eigenvalue weighted by atomic mass is 35.5. The molecule has 2 rings (SSSR count). The second-order valence-electron chi connectivity index (χ2n) is 7.03. The number of piperidine rings is 1. The average molecular weight is 385 g/mol. The Kier molecular flexibility index (Phi) is 7.57. The van der Waals surface area contributed by atoms with E-state index in [0.717, 1.165) is 24.9 Å². The number of rotatable bonds is 6. The first kappa shape index (κ1) is 20.1. The Balaban J connectivity index is 1.86. The van der Waals surface area contributed by atoms with Gasteiger partial charge >= 0.3 is 0 Å². The summed E-state index contributed by atoms with van der Waals surface area (Å²) < 4.78 is 0. The van der Waals surface area contributed by atoms with Crippen LogP contribution >= 0.6 is 23.2 Å². The summed E-state index contributed by atoms with van der Waals surface area (Å²) in [5, 5.41) is 4.00. The van der Waals surface area contributed by atoms with Crippen molar-refractivity contribution < 1.29 is 9.59 Å².